The van der Waals surface area contributed by atoms with Crippen molar-refractivity contribution in [1.29, 1.82) is 0 Å². The highest BCUT2D eigenvalue weighted by atomic mass is 32.2. The Morgan fingerprint density at radius 1 is 1.12 bits per heavy atom. The molecule has 0 unspecified atom stereocenters. The number of fused-ring (bicyclic) bond motifs is 1. The van der Waals surface area contributed by atoms with Crippen LogP contribution in [0.1, 0.15) is 47.9 Å². The van der Waals surface area contributed by atoms with E-state index in [1.54, 1.807) is 25.4 Å². The average molecular weight is 481 g/mol. The summed E-state index contributed by atoms with van der Waals surface area (Å²) in [5.74, 6) is -0.362. The van der Waals surface area contributed by atoms with Crippen molar-refractivity contribution in [1.82, 2.24) is 19.6 Å². The largest absolute Gasteiger partial charge is 0.396 e. The molecule has 1 aliphatic heterocycles. The second-order valence-electron chi connectivity index (χ2n) is 8.08. The zero-order chi connectivity index (χ0) is 24.3. The van der Waals surface area contributed by atoms with Crippen LogP contribution in [-0.2, 0) is 16.6 Å². The molecule has 8 nitrogen and oxygen atoms in total. The quantitative estimate of drug-likeness (QED) is 0.512. The molecule has 2 aromatic heterocycles. The van der Waals surface area contributed by atoms with Gasteiger partial charge in [-0.25, -0.2) is 13.4 Å². The van der Waals surface area contributed by atoms with Crippen LogP contribution in [0.25, 0.3) is 22.4 Å². The maximum Gasteiger partial charge on any atom is 0.269 e. The average Bonchev–Trinajstić information content (AvgIpc) is 3.24. The lowest BCUT2D eigenvalue weighted by atomic mass is 9.94. The Balaban J connectivity index is 1.92. The Labute approximate surface area is 199 Å². The van der Waals surface area contributed by atoms with E-state index in [1.807, 2.05) is 43.3 Å². The Morgan fingerprint density at radius 2 is 1.85 bits per heavy atom. The highest BCUT2D eigenvalue weighted by molar-refractivity contribution is 7.89. The van der Waals surface area contributed by atoms with Gasteiger partial charge >= 0.3 is 0 Å². The molecule has 34 heavy (non-hydrogen) atoms. The second kappa shape index (κ2) is 10.0. The van der Waals surface area contributed by atoms with Crippen LogP contribution in [0.15, 0.2) is 54.9 Å². The summed E-state index contributed by atoms with van der Waals surface area (Å²) in [4.78, 5) is 21.5. The smallest absolute Gasteiger partial charge is 0.269 e. The van der Waals surface area contributed by atoms with Gasteiger partial charge in [-0.15, -0.1) is 0 Å². The number of amides is 1. The Kier molecular flexibility index (Phi) is 7.06. The molecule has 0 spiro atoms. The summed E-state index contributed by atoms with van der Waals surface area (Å²) in [6, 6.07) is 12.7. The normalized spacial score (nSPS) is 15.8. The first kappa shape index (κ1) is 24.0. The lowest BCUT2D eigenvalue weighted by Crippen LogP contribution is -2.31. The number of aromatic nitrogens is 2. The third-order valence-corrected chi connectivity index (χ3v) is 7.82. The number of sulfonamides is 1. The standard InChI is InChI=1S/C25H28N4O4S/c1-3-27-25(31)21-15-20-16-29(34(32,33)4-2)22(10-13-30)23(20)24(28-21)19-7-5-6-18(14-19)17-8-11-26-12-9-17/h5-9,11-12,14-15,22,30H,3-4,10,13,16H2,1-2H3,(H,27,31)/t22-/m0/s1. The van der Waals surface area contributed by atoms with Gasteiger partial charge in [0.05, 0.1) is 17.5 Å². The van der Waals surface area contributed by atoms with E-state index in [9.17, 15) is 18.3 Å². The minimum absolute atomic E-state index is 0.0492. The third kappa shape index (κ3) is 4.59. The van der Waals surface area contributed by atoms with E-state index >= 15 is 0 Å². The molecule has 0 aliphatic carbocycles. The van der Waals surface area contributed by atoms with E-state index in [4.69, 9.17) is 4.98 Å². The van der Waals surface area contributed by atoms with Crippen molar-refractivity contribution >= 4 is 15.9 Å². The van der Waals surface area contributed by atoms with E-state index in [0.29, 0.717) is 12.2 Å². The number of nitrogens with one attached hydrogen (secondary N) is 1. The molecule has 0 radical (unpaired) electrons. The van der Waals surface area contributed by atoms with Gasteiger partial charge in [-0.05, 0) is 61.2 Å². The van der Waals surface area contributed by atoms with Gasteiger partial charge < -0.3 is 10.4 Å². The fraction of sp³-hybridized carbons (Fsp3) is 0.320. The van der Waals surface area contributed by atoms with Gasteiger partial charge in [0, 0.05) is 43.2 Å². The van der Waals surface area contributed by atoms with Crippen LogP contribution in [0.3, 0.4) is 0 Å². The molecule has 0 fully saturated rings. The van der Waals surface area contributed by atoms with Gasteiger partial charge in [0.2, 0.25) is 10.0 Å². The molecule has 0 saturated carbocycles. The van der Waals surface area contributed by atoms with Crippen LogP contribution >= 0.6 is 0 Å². The second-order valence-corrected chi connectivity index (χ2v) is 10.3. The van der Waals surface area contributed by atoms with Gasteiger partial charge in [-0.3, -0.25) is 9.78 Å². The van der Waals surface area contributed by atoms with E-state index in [2.05, 4.69) is 10.3 Å². The maximum atomic E-state index is 12.9. The summed E-state index contributed by atoms with van der Waals surface area (Å²) in [7, 11) is -3.54. The van der Waals surface area contributed by atoms with Crippen molar-refractivity contribution in [2.24, 2.45) is 0 Å². The van der Waals surface area contributed by atoms with Crippen molar-refractivity contribution in [3.63, 3.8) is 0 Å². The monoisotopic (exact) mass is 480 g/mol. The zero-order valence-corrected chi connectivity index (χ0v) is 20.0. The molecule has 9 heteroatoms. The lowest BCUT2D eigenvalue weighted by molar-refractivity contribution is 0.0951. The predicted octanol–water partition coefficient (Wildman–Crippen LogP) is 3.15. The Hall–Kier alpha value is -3.14. The van der Waals surface area contributed by atoms with Crippen LogP contribution in [-0.4, -0.2) is 52.6 Å². The number of hydrogen-bond donors (Lipinski definition) is 2. The van der Waals surface area contributed by atoms with E-state index < -0.39 is 16.1 Å². The molecule has 3 aromatic rings. The maximum absolute atomic E-state index is 12.9. The SMILES string of the molecule is CCNC(=O)c1cc2c(c(-c3cccc(-c4ccncc4)c3)n1)[C@H](CCO)N(S(=O)(=O)CC)C2. The van der Waals surface area contributed by atoms with Crippen LogP contribution in [0.5, 0.6) is 0 Å². The van der Waals surface area contributed by atoms with Crippen molar-refractivity contribution in [3.05, 3.63) is 71.7 Å². The summed E-state index contributed by atoms with van der Waals surface area (Å²) in [5.41, 5.74) is 4.98. The first-order valence-electron chi connectivity index (χ1n) is 11.3. The van der Waals surface area contributed by atoms with Crippen LogP contribution in [0, 0.1) is 0 Å². The summed E-state index contributed by atoms with van der Waals surface area (Å²) in [6.07, 6.45) is 3.68. The number of carbonyl (C=O) groups is 1. The molecule has 1 aromatic carbocycles. The van der Waals surface area contributed by atoms with Gasteiger partial charge in [-0.1, -0.05) is 18.2 Å². The molecule has 1 amide bonds. The fourth-order valence-electron chi connectivity index (χ4n) is 4.38. The number of nitrogens with zero attached hydrogens (tertiary/aromatic N) is 3. The predicted molar refractivity (Wildman–Crippen MR) is 130 cm³/mol. The molecule has 2 N–H and O–H groups in total. The highest BCUT2D eigenvalue weighted by Gasteiger charge is 2.39. The van der Waals surface area contributed by atoms with Crippen LogP contribution in [0.2, 0.25) is 0 Å². The number of carbonyl (C=O) groups excluding carboxylic acids is 1. The number of rotatable bonds is 8. The first-order valence-corrected chi connectivity index (χ1v) is 12.9. The Bertz CT molecular complexity index is 1300. The van der Waals surface area contributed by atoms with Gasteiger partial charge in [-0.2, -0.15) is 4.31 Å². The molecule has 1 aliphatic rings. The fourth-order valence-corrected chi connectivity index (χ4v) is 5.65. The summed E-state index contributed by atoms with van der Waals surface area (Å²) >= 11 is 0. The van der Waals surface area contributed by atoms with Crippen molar-refractivity contribution in [2.75, 3.05) is 18.9 Å². The number of hydrogen-bond acceptors (Lipinski definition) is 6. The van der Waals surface area contributed by atoms with Crippen LogP contribution < -0.4 is 5.32 Å². The molecular formula is C25H28N4O4S. The van der Waals surface area contributed by atoms with E-state index in [1.165, 1.54) is 4.31 Å². The molecule has 1 atom stereocenters. The van der Waals surface area contributed by atoms with Gasteiger partial charge in [0.15, 0.2) is 0 Å². The van der Waals surface area contributed by atoms with Crippen LogP contribution in [0.4, 0.5) is 0 Å². The highest BCUT2D eigenvalue weighted by Crippen LogP contribution is 2.43. The summed E-state index contributed by atoms with van der Waals surface area (Å²) in [6.45, 7) is 3.85. The van der Waals surface area contributed by atoms with Crippen molar-refractivity contribution < 1.29 is 18.3 Å². The number of aliphatic hydroxyl groups excluding tert-OH is 1. The number of benzene rings is 1. The van der Waals surface area contributed by atoms with Crippen molar-refractivity contribution in [3.8, 4) is 22.4 Å². The summed E-state index contributed by atoms with van der Waals surface area (Å²) < 4.78 is 27.2. The third-order valence-electron chi connectivity index (χ3n) is 6.00. The minimum atomic E-state index is -3.54. The molecule has 178 valence electrons. The van der Waals surface area contributed by atoms with Gasteiger partial charge in [0.1, 0.15) is 5.69 Å². The van der Waals surface area contributed by atoms with Crippen molar-refractivity contribution in [2.45, 2.75) is 32.9 Å². The topological polar surface area (TPSA) is 112 Å². The zero-order valence-electron chi connectivity index (χ0n) is 19.2. The summed E-state index contributed by atoms with van der Waals surface area (Å²) in [5, 5.41) is 12.5. The lowest BCUT2D eigenvalue weighted by Gasteiger charge is -2.24. The molecule has 3 heterocycles. The molecular weight excluding hydrogens is 452 g/mol. The number of aliphatic hydroxyl groups is 1. The first-order chi connectivity index (χ1) is 16.4. The Morgan fingerprint density at radius 3 is 2.53 bits per heavy atom. The molecule has 4 rings (SSSR count). The number of pyridine rings is 2. The molecule has 0 bridgehead atoms. The van der Waals surface area contributed by atoms with E-state index in [-0.39, 0.29) is 36.9 Å². The molecule has 0 saturated heterocycles. The van der Waals surface area contributed by atoms with E-state index in [0.717, 1.165) is 27.8 Å². The minimum Gasteiger partial charge on any atom is -0.396 e. The van der Waals surface area contributed by atoms with Gasteiger partial charge in [0.25, 0.3) is 5.91 Å².